The molecule has 2 aromatic heterocycles. The molecule has 118 valence electrons. The number of rotatable bonds is 4. The average molecular weight is 308 g/mol. The third-order valence-electron chi connectivity index (χ3n) is 4.41. The number of hydrogen-bond acceptors (Lipinski definition) is 4. The molecular weight excluding hydrogens is 288 g/mol. The van der Waals surface area contributed by atoms with E-state index in [1.54, 1.807) is 0 Å². The second-order valence-corrected chi connectivity index (χ2v) is 6.17. The summed E-state index contributed by atoms with van der Waals surface area (Å²) in [6.07, 6.45) is 8.21. The summed E-state index contributed by atoms with van der Waals surface area (Å²) >= 11 is 0. The van der Waals surface area contributed by atoms with Gasteiger partial charge in [-0.3, -0.25) is 4.68 Å². The van der Waals surface area contributed by atoms with Gasteiger partial charge in [0.2, 0.25) is 0 Å². The molecule has 0 saturated heterocycles. The summed E-state index contributed by atoms with van der Waals surface area (Å²) in [4.78, 5) is 4.50. The van der Waals surface area contributed by atoms with E-state index in [1.165, 1.54) is 11.1 Å². The Hall–Kier alpha value is -2.47. The SMILES string of the molecule is Cc1cc2ncn(Cc3cn(CC4C=CCN4)nn3)c2cc1C. The molecule has 1 unspecified atom stereocenters. The van der Waals surface area contributed by atoms with Crippen LogP contribution in [0.1, 0.15) is 16.8 Å². The second-order valence-electron chi connectivity index (χ2n) is 6.17. The number of hydrogen-bond donors (Lipinski definition) is 1. The molecule has 3 aromatic rings. The van der Waals surface area contributed by atoms with Crippen molar-refractivity contribution < 1.29 is 0 Å². The predicted molar refractivity (Wildman–Crippen MR) is 89.3 cm³/mol. The van der Waals surface area contributed by atoms with E-state index in [4.69, 9.17) is 0 Å². The number of aryl methyl sites for hydroxylation is 2. The van der Waals surface area contributed by atoms with E-state index in [0.717, 1.165) is 29.8 Å². The molecule has 6 heteroatoms. The first-order chi connectivity index (χ1) is 11.2. The summed E-state index contributed by atoms with van der Waals surface area (Å²) in [6.45, 7) is 6.68. The molecule has 23 heavy (non-hydrogen) atoms. The lowest BCUT2D eigenvalue weighted by atomic mass is 10.1. The highest BCUT2D eigenvalue weighted by molar-refractivity contribution is 5.77. The molecule has 6 nitrogen and oxygen atoms in total. The second kappa shape index (κ2) is 5.62. The predicted octanol–water partition coefficient (Wildman–Crippen LogP) is 1.82. The van der Waals surface area contributed by atoms with Gasteiger partial charge >= 0.3 is 0 Å². The van der Waals surface area contributed by atoms with Crippen LogP contribution in [0.3, 0.4) is 0 Å². The van der Waals surface area contributed by atoms with Crippen LogP contribution >= 0.6 is 0 Å². The Morgan fingerprint density at radius 3 is 2.96 bits per heavy atom. The molecule has 0 radical (unpaired) electrons. The quantitative estimate of drug-likeness (QED) is 0.747. The van der Waals surface area contributed by atoms with E-state index in [9.17, 15) is 0 Å². The zero-order chi connectivity index (χ0) is 15.8. The van der Waals surface area contributed by atoms with Crippen LogP contribution in [0.2, 0.25) is 0 Å². The molecule has 0 fully saturated rings. The van der Waals surface area contributed by atoms with Gasteiger partial charge in [-0.15, -0.1) is 5.10 Å². The highest BCUT2D eigenvalue weighted by atomic mass is 15.4. The molecule has 1 aliphatic rings. The maximum atomic E-state index is 4.50. The number of fused-ring (bicyclic) bond motifs is 1. The Morgan fingerprint density at radius 1 is 1.26 bits per heavy atom. The van der Waals surface area contributed by atoms with Gasteiger partial charge in [0, 0.05) is 12.6 Å². The fraction of sp³-hybridized carbons (Fsp3) is 0.353. The van der Waals surface area contributed by atoms with Gasteiger partial charge in [-0.1, -0.05) is 17.4 Å². The average Bonchev–Trinajstić information content (AvgIpc) is 3.25. The molecule has 0 aliphatic carbocycles. The van der Waals surface area contributed by atoms with Gasteiger partial charge in [-0.2, -0.15) is 0 Å². The van der Waals surface area contributed by atoms with Crippen LogP contribution in [0.15, 0.2) is 36.8 Å². The van der Waals surface area contributed by atoms with Crippen molar-refractivity contribution in [2.24, 2.45) is 0 Å². The summed E-state index contributed by atoms with van der Waals surface area (Å²) in [7, 11) is 0. The van der Waals surface area contributed by atoms with Crippen molar-refractivity contribution in [3.05, 3.63) is 53.6 Å². The number of benzene rings is 1. The van der Waals surface area contributed by atoms with Gasteiger partial charge in [0.1, 0.15) is 5.69 Å². The van der Waals surface area contributed by atoms with Gasteiger partial charge in [0.25, 0.3) is 0 Å². The van der Waals surface area contributed by atoms with E-state index >= 15 is 0 Å². The first-order valence-electron chi connectivity index (χ1n) is 7.90. The Bertz CT molecular complexity index is 872. The molecule has 3 heterocycles. The summed E-state index contributed by atoms with van der Waals surface area (Å²) in [5, 5.41) is 11.9. The normalized spacial score (nSPS) is 17.4. The summed E-state index contributed by atoms with van der Waals surface area (Å²) in [5.41, 5.74) is 5.67. The van der Waals surface area contributed by atoms with Crippen molar-refractivity contribution in [3.63, 3.8) is 0 Å². The minimum atomic E-state index is 0.351. The number of aromatic nitrogens is 5. The Kier molecular flexibility index (Phi) is 3.46. The molecule has 0 bridgehead atoms. The Balaban J connectivity index is 1.55. The van der Waals surface area contributed by atoms with Crippen molar-refractivity contribution in [1.29, 1.82) is 0 Å². The molecule has 0 amide bonds. The number of imidazole rings is 1. The lowest BCUT2D eigenvalue weighted by Gasteiger charge is -2.07. The fourth-order valence-corrected chi connectivity index (χ4v) is 2.96. The van der Waals surface area contributed by atoms with Crippen molar-refractivity contribution in [2.75, 3.05) is 6.54 Å². The topological polar surface area (TPSA) is 60.6 Å². The van der Waals surface area contributed by atoms with Crippen LogP contribution in [0.25, 0.3) is 11.0 Å². The van der Waals surface area contributed by atoms with E-state index in [-0.39, 0.29) is 0 Å². The Labute approximate surface area is 134 Å². The van der Waals surface area contributed by atoms with Crippen LogP contribution in [0.5, 0.6) is 0 Å². The highest BCUT2D eigenvalue weighted by Crippen LogP contribution is 2.19. The third kappa shape index (κ3) is 2.77. The van der Waals surface area contributed by atoms with Crippen LogP contribution in [0.4, 0.5) is 0 Å². The van der Waals surface area contributed by atoms with E-state index < -0.39 is 0 Å². The maximum absolute atomic E-state index is 4.50. The van der Waals surface area contributed by atoms with Crippen molar-refractivity contribution >= 4 is 11.0 Å². The smallest absolute Gasteiger partial charge is 0.102 e. The van der Waals surface area contributed by atoms with Gasteiger partial charge in [-0.05, 0) is 37.1 Å². The third-order valence-corrected chi connectivity index (χ3v) is 4.41. The van der Waals surface area contributed by atoms with Crippen LogP contribution < -0.4 is 5.32 Å². The standard InChI is InChI=1S/C17H20N6/c1-12-6-16-17(7-13(12)2)22(11-19-16)8-15-10-23(21-20-15)9-14-4-3-5-18-14/h3-4,6-7,10-11,14,18H,5,8-9H2,1-2H3. The lowest BCUT2D eigenvalue weighted by molar-refractivity contribution is 0.505. The van der Waals surface area contributed by atoms with Gasteiger partial charge in [-0.25, -0.2) is 4.98 Å². The largest absolute Gasteiger partial charge is 0.324 e. The van der Waals surface area contributed by atoms with E-state index in [1.807, 2.05) is 17.2 Å². The molecule has 4 rings (SSSR count). The minimum absolute atomic E-state index is 0.351. The number of nitrogens with zero attached hydrogens (tertiary/aromatic N) is 5. The first-order valence-corrected chi connectivity index (χ1v) is 7.90. The van der Waals surface area contributed by atoms with E-state index in [2.05, 4.69) is 63.3 Å². The van der Waals surface area contributed by atoms with Gasteiger partial charge in [0.05, 0.1) is 36.6 Å². The lowest BCUT2D eigenvalue weighted by Crippen LogP contribution is -2.27. The summed E-state index contributed by atoms with van der Waals surface area (Å²) in [6, 6.07) is 4.68. The number of nitrogens with one attached hydrogen (secondary N) is 1. The molecule has 1 N–H and O–H groups in total. The molecule has 1 aromatic carbocycles. The zero-order valence-electron chi connectivity index (χ0n) is 13.4. The van der Waals surface area contributed by atoms with E-state index in [0.29, 0.717) is 12.6 Å². The van der Waals surface area contributed by atoms with Crippen molar-refractivity contribution in [1.82, 2.24) is 29.9 Å². The molecule has 0 saturated carbocycles. The Morgan fingerprint density at radius 2 is 2.13 bits per heavy atom. The molecule has 1 atom stereocenters. The van der Waals surface area contributed by atoms with Gasteiger partial charge < -0.3 is 9.88 Å². The maximum Gasteiger partial charge on any atom is 0.102 e. The monoisotopic (exact) mass is 308 g/mol. The minimum Gasteiger partial charge on any atom is -0.324 e. The summed E-state index contributed by atoms with van der Waals surface area (Å²) in [5.74, 6) is 0. The van der Waals surface area contributed by atoms with Crippen LogP contribution in [0, 0.1) is 13.8 Å². The molecule has 0 spiro atoms. The first kappa shape index (κ1) is 14.1. The molecular formula is C17H20N6. The zero-order valence-corrected chi connectivity index (χ0v) is 13.4. The van der Waals surface area contributed by atoms with Crippen LogP contribution in [-0.4, -0.2) is 37.1 Å². The fourth-order valence-electron chi connectivity index (χ4n) is 2.96. The summed E-state index contributed by atoms with van der Waals surface area (Å²) < 4.78 is 4.03. The van der Waals surface area contributed by atoms with Gasteiger partial charge in [0.15, 0.2) is 0 Å². The molecule has 1 aliphatic heterocycles. The van der Waals surface area contributed by atoms with Crippen LogP contribution in [-0.2, 0) is 13.1 Å². The van der Waals surface area contributed by atoms with Crippen molar-refractivity contribution in [3.8, 4) is 0 Å². The highest BCUT2D eigenvalue weighted by Gasteiger charge is 2.11. The van der Waals surface area contributed by atoms with Crippen molar-refractivity contribution in [2.45, 2.75) is 33.0 Å².